The first kappa shape index (κ1) is 16.4. The molecule has 0 amide bonds. The lowest BCUT2D eigenvalue weighted by Crippen LogP contribution is -2.00. The fraction of sp³-hybridized carbons (Fsp3) is 0.438. The molecule has 0 bridgehead atoms. The van der Waals surface area contributed by atoms with Crippen molar-refractivity contribution in [2.45, 2.75) is 33.6 Å². The number of ether oxygens (including phenoxy) is 1. The molecule has 0 aromatic heterocycles. The molecule has 0 aromatic carbocycles. The fourth-order valence-corrected chi connectivity index (χ4v) is 1.34. The molecule has 0 aliphatic rings. The molecule has 0 saturated carbocycles. The zero-order valence-electron chi connectivity index (χ0n) is 11.7. The third kappa shape index (κ3) is 7.66. The highest BCUT2D eigenvalue weighted by molar-refractivity contribution is 5.82. The van der Waals surface area contributed by atoms with E-state index in [4.69, 9.17) is 4.74 Å². The molecule has 2 heteroatoms. The van der Waals surface area contributed by atoms with Gasteiger partial charge in [0.15, 0.2) is 0 Å². The Morgan fingerprint density at radius 3 is 2.28 bits per heavy atom. The van der Waals surface area contributed by atoms with Crippen molar-refractivity contribution in [3.8, 4) is 0 Å². The van der Waals surface area contributed by atoms with Gasteiger partial charge in [0.1, 0.15) is 5.76 Å². The SMILES string of the molecule is C=CC(=O)OC(=C)/C=C\C(=C)C(C)CCC(C)C. The van der Waals surface area contributed by atoms with Gasteiger partial charge in [0.2, 0.25) is 0 Å². The standard InChI is InChI=1S/C16H24O2/c1-7-16(17)18-15(6)11-10-14(5)13(4)9-8-12(2)3/h7,10-13H,1,5-6,8-9H2,2-4H3/b11-10-. The molecule has 0 fully saturated rings. The minimum Gasteiger partial charge on any atom is -0.424 e. The van der Waals surface area contributed by atoms with Crippen molar-refractivity contribution in [2.75, 3.05) is 0 Å². The van der Waals surface area contributed by atoms with Gasteiger partial charge in [-0.3, -0.25) is 0 Å². The first-order chi connectivity index (χ1) is 8.36. The Balaban J connectivity index is 4.17. The predicted molar refractivity (Wildman–Crippen MR) is 76.9 cm³/mol. The molecule has 1 atom stereocenters. The lowest BCUT2D eigenvalue weighted by atomic mass is 9.93. The Labute approximate surface area is 111 Å². The van der Waals surface area contributed by atoms with E-state index in [0.717, 1.165) is 18.1 Å². The Hall–Kier alpha value is -1.57. The molecule has 0 aromatic rings. The summed E-state index contributed by atoms with van der Waals surface area (Å²) in [5, 5.41) is 0. The topological polar surface area (TPSA) is 26.3 Å². The van der Waals surface area contributed by atoms with E-state index < -0.39 is 5.97 Å². The molecule has 18 heavy (non-hydrogen) atoms. The van der Waals surface area contributed by atoms with Crippen LogP contribution in [0.3, 0.4) is 0 Å². The normalized spacial score (nSPS) is 12.4. The van der Waals surface area contributed by atoms with E-state index in [0.29, 0.717) is 17.6 Å². The second kappa shape index (κ2) is 8.51. The lowest BCUT2D eigenvalue weighted by molar-refractivity contribution is -0.133. The fourth-order valence-electron chi connectivity index (χ4n) is 1.34. The summed E-state index contributed by atoms with van der Waals surface area (Å²) in [7, 11) is 0. The summed E-state index contributed by atoms with van der Waals surface area (Å²) in [6.07, 6.45) is 6.92. The number of rotatable bonds is 8. The molecule has 0 N–H and O–H groups in total. The van der Waals surface area contributed by atoms with Gasteiger partial charge in [0.25, 0.3) is 0 Å². The van der Waals surface area contributed by atoms with Crippen molar-refractivity contribution in [1.82, 2.24) is 0 Å². The highest BCUT2D eigenvalue weighted by Crippen LogP contribution is 2.19. The summed E-state index contributed by atoms with van der Waals surface area (Å²) >= 11 is 0. The van der Waals surface area contributed by atoms with Crippen LogP contribution in [-0.2, 0) is 9.53 Å². The third-order valence-corrected chi connectivity index (χ3v) is 2.69. The van der Waals surface area contributed by atoms with Gasteiger partial charge in [-0.05, 0) is 24.3 Å². The number of hydrogen-bond donors (Lipinski definition) is 0. The van der Waals surface area contributed by atoms with E-state index in [1.165, 1.54) is 6.42 Å². The van der Waals surface area contributed by atoms with E-state index >= 15 is 0 Å². The molecule has 0 spiro atoms. The molecular weight excluding hydrogens is 224 g/mol. The number of carbonyl (C=O) groups excluding carboxylic acids is 1. The van der Waals surface area contributed by atoms with Gasteiger partial charge >= 0.3 is 5.97 Å². The van der Waals surface area contributed by atoms with Crippen molar-refractivity contribution in [3.63, 3.8) is 0 Å². The minimum atomic E-state index is -0.497. The van der Waals surface area contributed by atoms with Crippen LogP contribution in [0.5, 0.6) is 0 Å². The number of allylic oxidation sites excluding steroid dienone is 3. The molecule has 0 rings (SSSR count). The van der Waals surface area contributed by atoms with Crippen LogP contribution in [0.2, 0.25) is 0 Å². The summed E-state index contributed by atoms with van der Waals surface area (Å²) < 4.78 is 4.85. The van der Waals surface area contributed by atoms with Gasteiger partial charge in [-0.1, -0.05) is 58.6 Å². The molecule has 0 aliphatic carbocycles. The van der Waals surface area contributed by atoms with E-state index in [9.17, 15) is 4.79 Å². The van der Waals surface area contributed by atoms with E-state index in [2.05, 4.69) is 40.5 Å². The molecular formula is C16H24O2. The van der Waals surface area contributed by atoms with Crippen LogP contribution in [0.4, 0.5) is 0 Å². The molecule has 1 unspecified atom stereocenters. The highest BCUT2D eigenvalue weighted by atomic mass is 16.5. The van der Waals surface area contributed by atoms with E-state index in [-0.39, 0.29) is 0 Å². The Kier molecular flexibility index (Phi) is 7.77. The summed E-state index contributed by atoms with van der Waals surface area (Å²) in [5.74, 6) is 0.930. The minimum absolute atomic E-state index is 0.303. The third-order valence-electron chi connectivity index (χ3n) is 2.69. The summed E-state index contributed by atoms with van der Waals surface area (Å²) in [4.78, 5) is 10.9. The quantitative estimate of drug-likeness (QED) is 0.275. The van der Waals surface area contributed by atoms with Gasteiger partial charge in [0, 0.05) is 6.08 Å². The Bertz CT molecular complexity index is 348. The van der Waals surface area contributed by atoms with Crippen LogP contribution in [0, 0.1) is 11.8 Å². The molecule has 0 heterocycles. The molecule has 0 aliphatic heterocycles. The molecule has 0 saturated heterocycles. The van der Waals surface area contributed by atoms with Crippen molar-refractivity contribution >= 4 is 5.97 Å². The first-order valence-electron chi connectivity index (χ1n) is 6.26. The van der Waals surface area contributed by atoms with Crippen molar-refractivity contribution in [2.24, 2.45) is 11.8 Å². The maximum atomic E-state index is 10.9. The van der Waals surface area contributed by atoms with E-state index in [1.54, 1.807) is 6.08 Å². The van der Waals surface area contributed by atoms with Crippen molar-refractivity contribution < 1.29 is 9.53 Å². The van der Waals surface area contributed by atoms with Crippen LogP contribution in [0.1, 0.15) is 33.6 Å². The van der Waals surface area contributed by atoms with Gasteiger partial charge < -0.3 is 4.74 Å². The molecule has 0 radical (unpaired) electrons. The zero-order chi connectivity index (χ0) is 14.1. The Morgan fingerprint density at radius 1 is 1.17 bits per heavy atom. The van der Waals surface area contributed by atoms with Crippen LogP contribution >= 0.6 is 0 Å². The predicted octanol–water partition coefficient (Wildman–Crippen LogP) is 4.41. The Morgan fingerprint density at radius 2 is 1.78 bits per heavy atom. The number of carbonyl (C=O) groups is 1. The maximum absolute atomic E-state index is 10.9. The average molecular weight is 248 g/mol. The lowest BCUT2D eigenvalue weighted by Gasteiger charge is -2.13. The van der Waals surface area contributed by atoms with Crippen LogP contribution in [0.15, 0.2) is 49.3 Å². The van der Waals surface area contributed by atoms with Gasteiger partial charge in [-0.2, -0.15) is 0 Å². The largest absolute Gasteiger partial charge is 0.424 e. The van der Waals surface area contributed by atoms with Crippen molar-refractivity contribution in [1.29, 1.82) is 0 Å². The zero-order valence-corrected chi connectivity index (χ0v) is 11.7. The van der Waals surface area contributed by atoms with E-state index in [1.807, 2.05) is 6.08 Å². The summed E-state index contributed by atoms with van der Waals surface area (Å²) in [6.45, 7) is 17.5. The summed E-state index contributed by atoms with van der Waals surface area (Å²) in [5.41, 5.74) is 1.02. The number of hydrogen-bond acceptors (Lipinski definition) is 2. The summed E-state index contributed by atoms with van der Waals surface area (Å²) in [6, 6.07) is 0. The van der Waals surface area contributed by atoms with Crippen LogP contribution in [0.25, 0.3) is 0 Å². The second-order valence-corrected chi connectivity index (χ2v) is 4.87. The van der Waals surface area contributed by atoms with Gasteiger partial charge in [0.05, 0.1) is 0 Å². The second-order valence-electron chi connectivity index (χ2n) is 4.87. The number of esters is 1. The van der Waals surface area contributed by atoms with Gasteiger partial charge in [-0.15, -0.1) is 0 Å². The molecule has 100 valence electrons. The maximum Gasteiger partial charge on any atom is 0.335 e. The monoisotopic (exact) mass is 248 g/mol. The first-order valence-corrected chi connectivity index (χ1v) is 6.26. The van der Waals surface area contributed by atoms with Crippen LogP contribution in [-0.4, -0.2) is 5.97 Å². The smallest absolute Gasteiger partial charge is 0.335 e. The average Bonchev–Trinajstić information content (AvgIpc) is 2.32. The van der Waals surface area contributed by atoms with Crippen molar-refractivity contribution in [3.05, 3.63) is 49.3 Å². The van der Waals surface area contributed by atoms with Gasteiger partial charge in [-0.25, -0.2) is 4.79 Å². The molecule has 2 nitrogen and oxygen atoms in total. The van der Waals surface area contributed by atoms with Crippen LogP contribution < -0.4 is 0 Å². The highest BCUT2D eigenvalue weighted by Gasteiger charge is 2.05.